The fraction of sp³-hybridized carbons (Fsp3) is 0.923. The Kier molecular flexibility index (Phi) is 4.40. The molecule has 4 heteroatoms. The van der Waals surface area contributed by atoms with Crippen molar-refractivity contribution in [2.24, 2.45) is 11.8 Å². The molecule has 0 aromatic carbocycles. The summed E-state index contributed by atoms with van der Waals surface area (Å²) in [4.78, 5) is 14.0. The summed E-state index contributed by atoms with van der Waals surface area (Å²) in [7, 11) is 1.47. The molecule has 0 spiro atoms. The van der Waals surface area contributed by atoms with Gasteiger partial charge >= 0.3 is 5.97 Å². The predicted octanol–water partition coefficient (Wildman–Crippen LogP) is 0.869. The summed E-state index contributed by atoms with van der Waals surface area (Å²) in [5.41, 5.74) is 0. The van der Waals surface area contributed by atoms with Crippen molar-refractivity contribution in [3.8, 4) is 0 Å². The average Bonchev–Trinajstić information content (AvgIpc) is 2.87. The van der Waals surface area contributed by atoms with Gasteiger partial charge in [-0.25, -0.2) is 0 Å². The zero-order valence-electron chi connectivity index (χ0n) is 10.9. The summed E-state index contributed by atoms with van der Waals surface area (Å²) in [6.07, 6.45) is 3.57. The van der Waals surface area contributed by atoms with E-state index in [0.29, 0.717) is 5.92 Å². The van der Waals surface area contributed by atoms with Crippen LogP contribution in [0.15, 0.2) is 0 Å². The third kappa shape index (κ3) is 2.99. The highest BCUT2D eigenvalue weighted by atomic mass is 16.5. The lowest BCUT2D eigenvalue weighted by Crippen LogP contribution is -2.38. The van der Waals surface area contributed by atoms with Crippen molar-refractivity contribution in [3.63, 3.8) is 0 Å². The molecular formula is C13H24N2O2. The van der Waals surface area contributed by atoms with Crippen molar-refractivity contribution >= 4 is 5.97 Å². The van der Waals surface area contributed by atoms with E-state index < -0.39 is 0 Å². The van der Waals surface area contributed by atoms with Crippen LogP contribution in [-0.4, -0.2) is 50.2 Å². The molecule has 98 valence electrons. The number of methoxy groups -OCH3 is 1. The number of nitrogens with zero attached hydrogens (tertiary/aromatic N) is 1. The third-order valence-electron chi connectivity index (χ3n) is 4.31. The maximum absolute atomic E-state index is 11.5. The van der Waals surface area contributed by atoms with E-state index >= 15 is 0 Å². The van der Waals surface area contributed by atoms with E-state index in [1.54, 1.807) is 0 Å². The first-order valence-electron chi connectivity index (χ1n) is 6.78. The summed E-state index contributed by atoms with van der Waals surface area (Å²) in [6.45, 7) is 6.80. The van der Waals surface area contributed by atoms with Crippen LogP contribution in [0.1, 0.15) is 26.2 Å². The normalized spacial score (nSPS) is 34.8. The topological polar surface area (TPSA) is 41.6 Å². The van der Waals surface area contributed by atoms with Gasteiger partial charge in [-0.2, -0.15) is 0 Å². The molecule has 3 unspecified atom stereocenters. The van der Waals surface area contributed by atoms with Crippen molar-refractivity contribution in [1.82, 2.24) is 10.2 Å². The lowest BCUT2D eigenvalue weighted by Gasteiger charge is -2.34. The second kappa shape index (κ2) is 5.83. The maximum atomic E-state index is 11.5. The third-order valence-corrected chi connectivity index (χ3v) is 4.31. The molecule has 0 saturated carbocycles. The first-order chi connectivity index (χ1) is 8.24. The molecule has 1 N–H and O–H groups in total. The second-order valence-corrected chi connectivity index (χ2v) is 5.28. The minimum Gasteiger partial charge on any atom is -0.468 e. The van der Waals surface area contributed by atoms with E-state index in [0.717, 1.165) is 25.4 Å². The summed E-state index contributed by atoms with van der Waals surface area (Å²) < 4.78 is 4.80. The van der Waals surface area contributed by atoms with Crippen LogP contribution < -0.4 is 5.32 Å². The van der Waals surface area contributed by atoms with Gasteiger partial charge in [0.2, 0.25) is 0 Å². The van der Waals surface area contributed by atoms with Gasteiger partial charge in [-0.3, -0.25) is 4.79 Å². The lowest BCUT2D eigenvalue weighted by molar-refractivity contribution is -0.142. The lowest BCUT2D eigenvalue weighted by atomic mass is 9.84. The molecule has 0 amide bonds. The van der Waals surface area contributed by atoms with Gasteiger partial charge in [0.05, 0.1) is 7.11 Å². The van der Waals surface area contributed by atoms with Gasteiger partial charge in [-0.05, 0) is 50.7 Å². The number of ether oxygens (including phenoxy) is 1. The summed E-state index contributed by atoms with van der Waals surface area (Å²) in [5.74, 6) is 1.30. The number of hydrogen-bond donors (Lipinski definition) is 1. The Hall–Kier alpha value is -0.610. The Morgan fingerprint density at radius 3 is 3.00 bits per heavy atom. The van der Waals surface area contributed by atoms with Gasteiger partial charge in [-0.15, -0.1) is 0 Å². The number of carbonyl (C=O) groups is 1. The van der Waals surface area contributed by atoms with E-state index in [9.17, 15) is 4.79 Å². The first kappa shape index (κ1) is 12.8. The molecular weight excluding hydrogens is 216 g/mol. The van der Waals surface area contributed by atoms with Gasteiger partial charge in [0, 0.05) is 6.54 Å². The molecule has 2 aliphatic heterocycles. The average molecular weight is 240 g/mol. The van der Waals surface area contributed by atoms with E-state index in [-0.39, 0.29) is 12.0 Å². The Morgan fingerprint density at radius 1 is 1.47 bits per heavy atom. The maximum Gasteiger partial charge on any atom is 0.322 e. The largest absolute Gasteiger partial charge is 0.468 e. The van der Waals surface area contributed by atoms with Gasteiger partial charge in [0.25, 0.3) is 0 Å². The van der Waals surface area contributed by atoms with Gasteiger partial charge in [0.1, 0.15) is 6.04 Å². The van der Waals surface area contributed by atoms with Crippen LogP contribution in [0.2, 0.25) is 0 Å². The number of carbonyl (C=O) groups excluding carboxylic acids is 1. The molecule has 3 atom stereocenters. The van der Waals surface area contributed by atoms with E-state index in [2.05, 4.69) is 17.1 Å². The molecule has 0 bridgehead atoms. The molecule has 2 aliphatic rings. The van der Waals surface area contributed by atoms with Crippen LogP contribution in [0.3, 0.4) is 0 Å². The number of nitrogens with one attached hydrogen (secondary N) is 1. The SMILES string of the molecule is CCN1CCCC(C2CNC(C(=O)OC)C2)C1. The van der Waals surface area contributed by atoms with Crippen LogP contribution in [0.25, 0.3) is 0 Å². The summed E-state index contributed by atoms with van der Waals surface area (Å²) in [5, 5.41) is 3.29. The molecule has 17 heavy (non-hydrogen) atoms. The molecule has 2 rings (SSSR count). The van der Waals surface area contributed by atoms with Crippen LogP contribution >= 0.6 is 0 Å². The van der Waals surface area contributed by atoms with E-state index in [1.165, 1.54) is 33.0 Å². The zero-order valence-corrected chi connectivity index (χ0v) is 10.9. The smallest absolute Gasteiger partial charge is 0.322 e. The predicted molar refractivity (Wildman–Crippen MR) is 66.8 cm³/mol. The molecule has 2 saturated heterocycles. The number of piperidine rings is 1. The van der Waals surface area contributed by atoms with Crippen LogP contribution in [-0.2, 0) is 9.53 Å². The molecule has 4 nitrogen and oxygen atoms in total. The molecule has 0 aromatic heterocycles. The van der Waals surface area contributed by atoms with Crippen LogP contribution in [0.5, 0.6) is 0 Å². The number of esters is 1. The van der Waals surface area contributed by atoms with E-state index in [1.807, 2.05) is 0 Å². The Balaban J connectivity index is 1.85. The molecule has 2 heterocycles. The quantitative estimate of drug-likeness (QED) is 0.743. The Labute approximate surface area is 104 Å². The van der Waals surface area contributed by atoms with Crippen molar-refractivity contribution in [2.75, 3.05) is 33.3 Å². The highest BCUT2D eigenvalue weighted by Crippen LogP contribution is 2.30. The minimum absolute atomic E-state index is 0.0676. The van der Waals surface area contributed by atoms with Gasteiger partial charge < -0.3 is 15.0 Å². The summed E-state index contributed by atoms with van der Waals surface area (Å²) >= 11 is 0. The highest BCUT2D eigenvalue weighted by molar-refractivity contribution is 5.76. The molecule has 0 radical (unpaired) electrons. The summed E-state index contributed by atoms with van der Waals surface area (Å²) in [6, 6.07) is -0.0676. The standard InChI is InChI=1S/C13H24N2O2/c1-3-15-6-4-5-10(9-15)11-7-12(14-8-11)13(16)17-2/h10-12,14H,3-9H2,1-2H3. The number of hydrogen-bond acceptors (Lipinski definition) is 4. The van der Waals surface area contributed by atoms with Crippen LogP contribution in [0, 0.1) is 11.8 Å². The second-order valence-electron chi connectivity index (χ2n) is 5.28. The van der Waals surface area contributed by atoms with Gasteiger partial charge in [-0.1, -0.05) is 6.92 Å². The van der Waals surface area contributed by atoms with Gasteiger partial charge in [0.15, 0.2) is 0 Å². The Bertz CT molecular complexity index is 270. The van der Waals surface area contributed by atoms with Crippen LogP contribution in [0.4, 0.5) is 0 Å². The zero-order chi connectivity index (χ0) is 12.3. The Morgan fingerprint density at radius 2 is 2.29 bits per heavy atom. The van der Waals surface area contributed by atoms with Crippen molar-refractivity contribution in [2.45, 2.75) is 32.2 Å². The first-order valence-corrected chi connectivity index (χ1v) is 6.78. The van der Waals surface area contributed by atoms with Crippen molar-refractivity contribution in [3.05, 3.63) is 0 Å². The number of likely N-dealkylation sites (tertiary alicyclic amines) is 1. The molecule has 2 fully saturated rings. The molecule has 0 aromatic rings. The monoisotopic (exact) mass is 240 g/mol. The highest BCUT2D eigenvalue weighted by Gasteiger charge is 2.35. The molecule has 0 aliphatic carbocycles. The van der Waals surface area contributed by atoms with Crippen molar-refractivity contribution in [1.29, 1.82) is 0 Å². The minimum atomic E-state index is -0.101. The fourth-order valence-electron chi connectivity index (χ4n) is 3.21. The fourth-order valence-corrected chi connectivity index (χ4v) is 3.21. The van der Waals surface area contributed by atoms with Crippen molar-refractivity contribution < 1.29 is 9.53 Å². The number of rotatable bonds is 3. The van der Waals surface area contributed by atoms with E-state index in [4.69, 9.17) is 4.74 Å².